The van der Waals surface area contributed by atoms with Crippen LogP contribution in [0.15, 0.2) is 42.5 Å². The maximum Gasteiger partial charge on any atom is 0.338 e. The highest BCUT2D eigenvalue weighted by Gasteiger charge is 2.11. The molecule has 0 heterocycles. The van der Waals surface area contributed by atoms with Crippen molar-refractivity contribution in [2.24, 2.45) is 0 Å². The van der Waals surface area contributed by atoms with Crippen molar-refractivity contribution in [3.8, 4) is 5.75 Å². The van der Waals surface area contributed by atoms with Crippen molar-refractivity contribution in [1.29, 1.82) is 0 Å². The monoisotopic (exact) mass is 347 g/mol. The first-order chi connectivity index (χ1) is 11.5. The van der Waals surface area contributed by atoms with Gasteiger partial charge in [-0.25, -0.2) is 4.79 Å². The number of amides is 1. The minimum Gasteiger partial charge on any atom is -0.495 e. The van der Waals surface area contributed by atoms with Crippen molar-refractivity contribution in [1.82, 2.24) is 0 Å². The zero-order valence-electron chi connectivity index (χ0n) is 12.7. The normalized spacial score (nSPS) is 9.92. The third kappa shape index (κ3) is 4.57. The first-order valence-corrected chi connectivity index (χ1v) is 7.27. The molecule has 0 fully saturated rings. The molecular formula is C17H14ClNO5. The number of benzene rings is 2. The van der Waals surface area contributed by atoms with Gasteiger partial charge in [-0.3, -0.25) is 9.59 Å². The van der Waals surface area contributed by atoms with Crippen LogP contribution in [0.2, 0.25) is 5.02 Å². The average Bonchev–Trinajstić information content (AvgIpc) is 2.60. The fourth-order valence-electron chi connectivity index (χ4n) is 1.85. The Kier molecular flexibility index (Phi) is 5.92. The van der Waals surface area contributed by atoms with Gasteiger partial charge in [0.1, 0.15) is 12.0 Å². The Morgan fingerprint density at radius 2 is 1.88 bits per heavy atom. The van der Waals surface area contributed by atoms with Gasteiger partial charge in [0.2, 0.25) is 0 Å². The van der Waals surface area contributed by atoms with Gasteiger partial charge in [0, 0.05) is 11.3 Å². The minimum atomic E-state index is -0.657. The molecule has 0 aromatic heterocycles. The molecule has 0 atom stereocenters. The quantitative estimate of drug-likeness (QED) is 0.641. The molecule has 0 saturated heterocycles. The number of rotatable bonds is 6. The van der Waals surface area contributed by atoms with Crippen molar-refractivity contribution in [2.75, 3.05) is 19.0 Å². The van der Waals surface area contributed by atoms with Crippen LogP contribution in [-0.4, -0.2) is 31.9 Å². The van der Waals surface area contributed by atoms with Gasteiger partial charge < -0.3 is 14.8 Å². The van der Waals surface area contributed by atoms with Crippen LogP contribution in [0, 0.1) is 0 Å². The molecule has 124 valence electrons. The average molecular weight is 348 g/mol. The molecule has 0 aliphatic heterocycles. The third-order valence-corrected chi connectivity index (χ3v) is 3.35. The lowest BCUT2D eigenvalue weighted by Crippen LogP contribution is -2.20. The van der Waals surface area contributed by atoms with Gasteiger partial charge in [-0.05, 0) is 30.3 Å². The van der Waals surface area contributed by atoms with Crippen molar-refractivity contribution in [2.45, 2.75) is 0 Å². The number of halogens is 1. The van der Waals surface area contributed by atoms with Crippen LogP contribution in [0.5, 0.6) is 5.75 Å². The molecule has 0 radical (unpaired) electrons. The molecule has 2 aromatic carbocycles. The first kappa shape index (κ1) is 17.5. The zero-order chi connectivity index (χ0) is 17.5. The molecule has 6 nitrogen and oxygen atoms in total. The van der Waals surface area contributed by atoms with E-state index < -0.39 is 18.5 Å². The summed E-state index contributed by atoms with van der Waals surface area (Å²) < 4.78 is 9.93. The van der Waals surface area contributed by atoms with Crippen LogP contribution in [0.25, 0.3) is 0 Å². The molecule has 0 aliphatic rings. The molecule has 2 rings (SSSR count). The van der Waals surface area contributed by atoms with Crippen LogP contribution < -0.4 is 10.1 Å². The summed E-state index contributed by atoms with van der Waals surface area (Å²) in [7, 11) is 1.49. The summed E-state index contributed by atoms with van der Waals surface area (Å²) in [4.78, 5) is 34.2. The van der Waals surface area contributed by atoms with E-state index in [4.69, 9.17) is 21.1 Å². The number of aldehydes is 1. The molecule has 0 aliphatic carbocycles. The van der Waals surface area contributed by atoms with Gasteiger partial charge in [0.15, 0.2) is 6.61 Å². The van der Waals surface area contributed by atoms with Gasteiger partial charge in [-0.1, -0.05) is 23.7 Å². The Bertz CT molecular complexity index is 758. The SMILES string of the molecule is COc1ccc(NC(=O)COC(=O)c2ccc(C=O)cc2)cc1Cl. The van der Waals surface area contributed by atoms with E-state index in [-0.39, 0.29) is 5.56 Å². The molecular weight excluding hydrogens is 334 g/mol. The second-order valence-electron chi connectivity index (χ2n) is 4.71. The molecule has 1 amide bonds. The third-order valence-electron chi connectivity index (χ3n) is 3.05. The van der Waals surface area contributed by atoms with E-state index in [1.165, 1.54) is 37.4 Å². The van der Waals surface area contributed by atoms with E-state index in [1.807, 2.05) is 0 Å². The molecule has 0 saturated carbocycles. The zero-order valence-corrected chi connectivity index (χ0v) is 13.5. The summed E-state index contributed by atoms with van der Waals surface area (Å²) in [6, 6.07) is 10.6. The van der Waals surface area contributed by atoms with Gasteiger partial charge >= 0.3 is 5.97 Å². The van der Waals surface area contributed by atoms with Crippen molar-refractivity contribution in [3.63, 3.8) is 0 Å². The lowest BCUT2D eigenvalue weighted by Gasteiger charge is -2.08. The number of hydrogen-bond donors (Lipinski definition) is 1. The van der Waals surface area contributed by atoms with Gasteiger partial charge in [-0.15, -0.1) is 0 Å². The van der Waals surface area contributed by atoms with E-state index >= 15 is 0 Å². The van der Waals surface area contributed by atoms with E-state index in [0.29, 0.717) is 28.3 Å². The Morgan fingerprint density at radius 1 is 1.17 bits per heavy atom. The van der Waals surface area contributed by atoms with Crippen LogP contribution in [-0.2, 0) is 9.53 Å². The number of methoxy groups -OCH3 is 1. The number of hydrogen-bond acceptors (Lipinski definition) is 5. The second-order valence-corrected chi connectivity index (χ2v) is 5.12. The van der Waals surface area contributed by atoms with Gasteiger partial charge in [0.05, 0.1) is 17.7 Å². The summed E-state index contributed by atoms with van der Waals surface area (Å²) in [5, 5.41) is 2.91. The highest BCUT2D eigenvalue weighted by molar-refractivity contribution is 6.32. The molecule has 1 N–H and O–H groups in total. The van der Waals surface area contributed by atoms with E-state index in [2.05, 4.69) is 5.32 Å². The summed E-state index contributed by atoms with van der Waals surface area (Å²) >= 11 is 5.96. The number of esters is 1. The number of carbonyl (C=O) groups excluding carboxylic acids is 3. The first-order valence-electron chi connectivity index (χ1n) is 6.89. The lowest BCUT2D eigenvalue weighted by atomic mass is 10.1. The van der Waals surface area contributed by atoms with E-state index in [0.717, 1.165) is 0 Å². The maximum absolute atomic E-state index is 11.8. The highest BCUT2D eigenvalue weighted by Crippen LogP contribution is 2.27. The Balaban J connectivity index is 1.89. The number of anilines is 1. The molecule has 24 heavy (non-hydrogen) atoms. The number of nitrogens with one attached hydrogen (secondary N) is 1. The van der Waals surface area contributed by atoms with Crippen LogP contribution in [0.4, 0.5) is 5.69 Å². The summed E-state index contributed by atoms with van der Waals surface area (Å²) in [6.45, 7) is -0.447. The minimum absolute atomic E-state index is 0.251. The van der Waals surface area contributed by atoms with Crippen LogP contribution in [0.3, 0.4) is 0 Å². The van der Waals surface area contributed by atoms with Crippen molar-refractivity contribution >= 4 is 35.5 Å². The molecule has 0 unspecified atom stereocenters. The van der Waals surface area contributed by atoms with Gasteiger partial charge in [0.25, 0.3) is 5.91 Å². The summed E-state index contributed by atoms with van der Waals surface area (Å²) in [5.74, 6) is -0.677. The van der Waals surface area contributed by atoms with Crippen LogP contribution >= 0.6 is 11.6 Å². The van der Waals surface area contributed by atoms with E-state index in [1.54, 1.807) is 12.1 Å². The largest absolute Gasteiger partial charge is 0.495 e. The molecule has 2 aromatic rings. The predicted octanol–water partition coefficient (Wildman–Crippen LogP) is 2.96. The second kappa shape index (κ2) is 8.12. The highest BCUT2D eigenvalue weighted by atomic mass is 35.5. The summed E-state index contributed by atoms with van der Waals surface area (Å²) in [6.07, 6.45) is 0.669. The van der Waals surface area contributed by atoms with E-state index in [9.17, 15) is 14.4 Å². The molecule has 0 spiro atoms. The smallest absolute Gasteiger partial charge is 0.338 e. The number of carbonyl (C=O) groups is 3. The maximum atomic E-state index is 11.8. The standard InChI is InChI=1S/C17H14ClNO5/c1-23-15-7-6-13(8-14(15)18)19-16(21)10-24-17(22)12-4-2-11(9-20)3-5-12/h2-9H,10H2,1H3,(H,19,21). The fourth-order valence-corrected chi connectivity index (χ4v) is 2.11. The van der Waals surface area contributed by atoms with Crippen molar-refractivity contribution < 1.29 is 23.9 Å². The van der Waals surface area contributed by atoms with Crippen molar-refractivity contribution in [3.05, 3.63) is 58.6 Å². The number of ether oxygens (including phenoxy) is 2. The van der Waals surface area contributed by atoms with Crippen LogP contribution in [0.1, 0.15) is 20.7 Å². The fraction of sp³-hybridized carbons (Fsp3) is 0.118. The summed E-state index contributed by atoms with van der Waals surface area (Å²) in [5.41, 5.74) is 1.15. The lowest BCUT2D eigenvalue weighted by molar-refractivity contribution is -0.119. The Labute approximate surface area is 143 Å². The Hall–Kier alpha value is -2.86. The Morgan fingerprint density at radius 3 is 2.46 bits per heavy atom. The topological polar surface area (TPSA) is 81.7 Å². The van der Waals surface area contributed by atoms with Gasteiger partial charge in [-0.2, -0.15) is 0 Å². The molecule has 0 bridgehead atoms. The molecule has 7 heteroatoms. The predicted molar refractivity (Wildman–Crippen MR) is 88.7 cm³/mol.